The Bertz CT molecular complexity index is 1060. The molecule has 2 N–H and O–H groups in total. The molecular weight excluding hydrogens is 390 g/mol. The molecule has 9 heteroatoms. The number of fused-ring (bicyclic) bond motifs is 1. The van der Waals surface area contributed by atoms with E-state index in [1.807, 2.05) is 25.1 Å². The fourth-order valence-electron chi connectivity index (χ4n) is 4.00. The van der Waals surface area contributed by atoms with Crippen LogP contribution >= 0.6 is 0 Å². The number of carbonyl (C=O) groups excluding carboxylic acids is 1. The van der Waals surface area contributed by atoms with E-state index in [2.05, 4.69) is 10.3 Å². The first-order chi connectivity index (χ1) is 14.2. The van der Waals surface area contributed by atoms with Gasteiger partial charge in [-0.15, -0.1) is 0 Å². The van der Waals surface area contributed by atoms with Crippen LogP contribution < -0.4 is 16.6 Å². The number of benzene rings is 1. The van der Waals surface area contributed by atoms with Gasteiger partial charge < -0.3 is 19.5 Å². The van der Waals surface area contributed by atoms with Gasteiger partial charge >= 0.3 is 5.69 Å². The van der Waals surface area contributed by atoms with E-state index in [0.717, 1.165) is 5.56 Å². The Morgan fingerprint density at radius 3 is 2.73 bits per heavy atom. The third-order valence-electron chi connectivity index (χ3n) is 5.34. The summed E-state index contributed by atoms with van der Waals surface area (Å²) in [7, 11) is 0. The van der Waals surface area contributed by atoms with Crippen molar-refractivity contribution in [3.8, 4) is 0 Å². The zero-order valence-electron chi connectivity index (χ0n) is 17.1. The molecule has 160 valence electrons. The molecule has 0 radical (unpaired) electrons. The lowest BCUT2D eigenvalue weighted by atomic mass is 9.97. The van der Waals surface area contributed by atoms with Gasteiger partial charge in [-0.3, -0.25) is 19.1 Å². The highest BCUT2D eigenvalue weighted by Crippen LogP contribution is 2.39. The van der Waals surface area contributed by atoms with Crippen LogP contribution in [0.5, 0.6) is 0 Å². The number of H-pyrrole nitrogens is 1. The van der Waals surface area contributed by atoms with Gasteiger partial charge in [0.2, 0.25) is 0 Å². The van der Waals surface area contributed by atoms with Gasteiger partial charge in [0, 0.05) is 24.4 Å². The van der Waals surface area contributed by atoms with Crippen molar-refractivity contribution < 1.29 is 19.0 Å². The number of aryl methyl sites for hydroxylation is 1. The van der Waals surface area contributed by atoms with Crippen LogP contribution in [-0.4, -0.2) is 52.7 Å². The number of carbonyl (C=O) groups is 1. The van der Waals surface area contributed by atoms with Crippen LogP contribution in [0.25, 0.3) is 0 Å². The molecule has 0 unspecified atom stereocenters. The Balaban J connectivity index is 1.51. The molecule has 0 bridgehead atoms. The average molecular weight is 415 g/mol. The van der Waals surface area contributed by atoms with Crippen molar-refractivity contribution in [2.75, 3.05) is 13.2 Å². The van der Waals surface area contributed by atoms with Crippen molar-refractivity contribution >= 4 is 5.91 Å². The third kappa shape index (κ3) is 4.09. The number of rotatable bonds is 4. The summed E-state index contributed by atoms with van der Waals surface area (Å²) < 4.78 is 19.5. The van der Waals surface area contributed by atoms with Gasteiger partial charge in [-0.1, -0.05) is 17.7 Å². The smallest absolute Gasteiger partial charge is 0.328 e. The SMILES string of the molecule is Cc1cccc(C(=O)NC[C@H]2OC[C@@H](n3ccc(=O)[nH]c3=O)[C@@H]3OC(C)(C)O[C@@H]32)c1. The number of ether oxygens (including phenoxy) is 3. The molecule has 1 aromatic carbocycles. The molecule has 1 aromatic heterocycles. The first-order valence-corrected chi connectivity index (χ1v) is 9.87. The second-order valence-corrected chi connectivity index (χ2v) is 8.10. The van der Waals surface area contributed by atoms with Crippen LogP contribution in [-0.2, 0) is 14.2 Å². The van der Waals surface area contributed by atoms with Gasteiger partial charge in [-0.05, 0) is 32.9 Å². The molecule has 2 fully saturated rings. The van der Waals surface area contributed by atoms with E-state index >= 15 is 0 Å². The number of nitrogens with one attached hydrogen (secondary N) is 2. The normalized spacial score (nSPS) is 27.4. The Labute approximate surface area is 173 Å². The van der Waals surface area contributed by atoms with Crippen molar-refractivity contribution in [1.29, 1.82) is 0 Å². The highest BCUT2D eigenvalue weighted by molar-refractivity contribution is 5.94. The summed E-state index contributed by atoms with van der Waals surface area (Å²) in [5.41, 5.74) is 0.573. The maximum Gasteiger partial charge on any atom is 0.328 e. The van der Waals surface area contributed by atoms with E-state index in [-0.39, 0.29) is 19.1 Å². The molecular formula is C21H25N3O6. The Morgan fingerprint density at radius 1 is 1.23 bits per heavy atom. The maximum absolute atomic E-state index is 12.5. The van der Waals surface area contributed by atoms with Crippen LogP contribution in [0, 0.1) is 6.92 Å². The van der Waals surface area contributed by atoms with Gasteiger partial charge in [0.15, 0.2) is 5.79 Å². The second kappa shape index (κ2) is 7.82. The standard InChI is InChI=1S/C21H25N3O6/c1-12-5-4-6-13(9-12)19(26)22-10-15-18-17(29-21(2,3)30-18)14(11-28-15)24-8-7-16(25)23-20(24)27/h4-9,14-15,17-18H,10-11H2,1-3H3,(H,22,26)(H,23,25,27)/t14-,15-,17+,18-/m1/s1. The molecule has 0 spiro atoms. The Kier molecular flexibility index (Phi) is 5.35. The summed E-state index contributed by atoms with van der Waals surface area (Å²) in [5, 5.41) is 2.89. The molecule has 3 heterocycles. The van der Waals surface area contributed by atoms with E-state index < -0.39 is 41.4 Å². The minimum atomic E-state index is -0.869. The Hall–Kier alpha value is -2.75. The predicted octanol–water partition coefficient (Wildman–Crippen LogP) is 0.735. The van der Waals surface area contributed by atoms with Crippen molar-refractivity contribution in [1.82, 2.24) is 14.9 Å². The fraction of sp³-hybridized carbons (Fsp3) is 0.476. The number of nitrogens with zero attached hydrogens (tertiary/aromatic N) is 1. The van der Waals surface area contributed by atoms with Crippen LogP contribution in [0.4, 0.5) is 0 Å². The number of aromatic nitrogens is 2. The van der Waals surface area contributed by atoms with Crippen molar-refractivity contribution in [2.24, 2.45) is 0 Å². The summed E-state index contributed by atoms with van der Waals surface area (Å²) in [6.45, 7) is 5.93. The lowest BCUT2D eigenvalue weighted by Gasteiger charge is -2.37. The Morgan fingerprint density at radius 2 is 2.00 bits per heavy atom. The van der Waals surface area contributed by atoms with Crippen LogP contribution in [0.2, 0.25) is 0 Å². The van der Waals surface area contributed by atoms with E-state index in [1.54, 1.807) is 19.9 Å². The van der Waals surface area contributed by atoms with Crippen LogP contribution in [0.15, 0.2) is 46.1 Å². The van der Waals surface area contributed by atoms with Gasteiger partial charge in [0.1, 0.15) is 18.3 Å². The molecule has 4 atom stereocenters. The predicted molar refractivity (Wildman–Crippen MR) is 107 cm³/mol. The van der Waals surface area contributed by atoms with Crippen molar-refractivity contribution in [3.05, 3.63) is 68.5 Å². The molecule has 9 nitrogen and oxygen atoms in total. The zero-order valence-corrected chi connectivity index (χ0v) is 17.1. The maximum atomic E-state index is 12.5. The summed E-state index contributed by atoms with van der Waals surface area (Å²) >= 11 is 0. The number of hydrogen-bond acceptors (Lipinski definition) is 6. The van der Waals surface area contributed by atoms with E-state index in [9.17, 15) is 14.4 Å². The van der Waals surface area contributed by atoms with Gasteiger partial charge in [-0.2, -0.15) is 0 Å². The van der Waals surface area contributed by atoms with Gasteiger partial charge in [0.25, 0.3) is 11.5 Å². The zero-order chi connectivity index (χ0) is 21.5. The minimum absolute atomic E-state index is 0.178. The molecule has 2 saturated heterocycles. The largest absolute Gasteiger partial charge is 0.371 e. The first-order valence-electron chi connectivity index (χ1n) is 9.87. The summed E-state index contributed by atoms with van der Waals surface area (Å²) in [6.07, 6.45) is 0.0229. The molecule has 0 aliphatic carbocycles. The summed E-state index contributed by atoms with van der Waals surface area (Å²) in [4.78, 5) is 38.4. The second-order valence-electron chi connectivity index (χ2n) is 8.10. The number of amides is 1. The molecule has 2 aliphatic heterocycles. The van der Waals surface area contributed by atoms with Gasteiger partial charge in [-0.25, -0.2) is 4.79 Å². The van der Waals surface area contributed by atoms with Crippen LogP contribution in [0.1, 0.15) is 35.8 Å². The minimum Gasteiger partial charge on any atom is -0.371 e. The van der Waals surface area contributed by atoms with E-state index in [4.69, 9.17) is 14.2 Å². The quantitative estimate of drug-likeness (QED) is 0.762. The molecule has 2 aliphatic rings. The van der Waals surface area contributed by atoms with E-state index in [1.165, 1.54) is 16.8 Å². The van der Waals surface area contributed by atoms with Gasteiger partial charge in [0.05, 0.1) is 12.6 Å². The molecule has 4 rings (SSSR count). The lowest BCUT2D eigenvalue weighted by molar-refractivity contribution is -0.153. The highest BCUT2D eigenvalue weighted by Gasteiger charge is 2.52. The monoisotopic (exact) mass is 415 g/mol. The number of hydrogen-bond donors (Lipinski definition) is 2. The van der Waals surface area contributed by atoms with Crippen LogP contribution in [0.3, 0.4) is 0 Å². The molecule has 1 amide bonds. The first kappa shape index (κ1) is 20.5. The summed E-state index contributed by atoms with van der Waals surface area (Å²) in [5.74, 6) is -1.07. The molecule has 0 saturated carbocycles. The molecule has 2 aromatic rings. The van der Waals surface area contributed by atoms with Crippen molar-refractivity contribution in [2.45, 2.75) is 50.9 Å². The highest BCUT2D eigenvalue weighted by atomic mass is 16.8. The lowest BCUT2D eigenvalue weighted by Crippen LogP contribution is -2.54. The van der Waals surface area contributed by atoms with Crippen molar-refractivity contribution in [3.63, 3.8) is 0 Å². The average Bonchev–Trinajstić information content (AvgIpc) is 3.01. The van der Waals surface area contributed by atoms with E-state index in [0.29, 0.717) is 5.56 Å². The summed E-state index contributed by atoms with van der Waals surface area (Å²) in [6, 6.07) is 8.15. The topological polar surface area (TPSA) is 112 Å². The fourth-order valence-corrected chi connectivity index (χ4v) is 4.00. The molecule has 30 heavy (non-hydrogen) atoms. The number of aromatic amines is 1. The third-order valence-corrected chi connectivity index (χ3v) is 5.34.